The summed E-state index contributed by atoms with van der Waals surface area (Å²) in [6.45, 7) is 4.68. The Bertz CT molecular complexity index is 136. The van der Waals surface area contributed by atoms with E-state index >= 15 is 0 Å². The van der Waals surface area contributed by atoms with Crippen molar-refractivity contribution < 1.29 is 4.39 Å². The average Bonchev–Trinajstić information content (AvgIpc) is 1.99. The van der Waals surface area contributed by atoms with Gasteiger partial charge in [-0.05, 0) is 25.8 Å². The fourth-order valence-electron chi connectivity index (χ4n) is 1.69. The van der Waals surface area contributed by atoms with Crippen LogP contribution in [0, 0.1) is 5.92 Å². The zero-order chi connectivity index (χ0) is 9.84. The molecule has 0 spiro atoms. The molecule has 0 bridgehead atoms. The summed E-state index contributed by atoms with van der Waals surface area (Å²) in [5.41, 5.74) is 0. The van der Waals surface area contributed by atoms with Gasteiger partial charge in [-0.3, -0.25) is 0 Å². The van der Waals surface area contributed by atoms with Crippen LogP contribution in [-0.4, -0.2) is 30.7 Å². The monoisotopic (exact) mass is 187 g/mol. The number of hydrogen-bond acceptors (Lipinski definition) is 1. The molecule has 2 atom stereocenters. The SMILES string of the molecule is CC[C@H](C)[C@@H](F)CN(C)C1CCC1. The fourth-order valence-corrected chi connectivity index (χ4v) is 1.69. The van der Waals surface area contributed by atoms with Crippen LogP contribution < -0.4 is 0 Å². The van der Waals surface area contributed by atoms with E-state index in [1.165, 1.54) is 19.3 Å². The molecule has 1 aliphatic carbocycles. The lowest BCUT2D eigenvalue weighted by atomic mass is 9.91. The number of alkyl halides is 1. The summed E-state index contributed by atoms with van der Waals surface area (Å²) in [5.74, 6) is 0.211. The molecule has 0 radical (unpaired) electrons. The Hall–Kier alpha value is -0.110. The van der Waals surface area contributed by atoms with Crippen LogP contribution in [0.5, 0.6) is 0 Å². The van der Waals surface area contributed by atoms with E-state index in [9.17, 15) is 4.39 Å². The minimum absolute atomic E-state index is 0.211. The third-order valence-corrected chi connectivity index (χ3v) is 3.42. The summed E-state index contributed by atoms with van der Waals surface area (Å²) in [6, 6.07) is 0.669. The summed E-state index contributed by atoms with van der Waals surface area (Å²) in [6.07, 6.45) is 4.16. The maximum Gasteiger partial charge on any atom is 0.115 e. The largest absolute Gasteiger partial charge is 0.301 e. The van der Waals surface area contributed by atoms with Crippen LogP contribution >= 0.6 is 0 Å². The van der Waals surface area contributed by atoms with Crippen molar-refractivity contribution in [3.05, 3.63) is 0 Å². The van der Waals surface area contributed by atoms with Gasteiger partial charge in [0.15, 0.2) is 0 Å². The maximum absolute atomic E-state index is 13.5. The van der Waals surface area contributed by atoms with E-state index in [0.29, 0.717) is 12.6 Å². The number of rotatable bonds is 5. The van der Waals surface area contributed by atoms with Crippen molar-refractivity contribution in [1.29, 1.82) is 0 Å². The van der Waals surface area contributed by atoms with Gasteiger partial charge in [0, 0.05) is 12.6 Å². The van der Waals surface area contributed by atoms with Gasteiger partial charge in [-0.2, -0.15) is 0 Å². The van der Waals surface area contributed by atoms with Gasteiger partial charge in [-0.1, -0.05) is 26.7 Å². The predicted octanol–water partition coefficient (Wildman–Crippen LogP) is 2.85. The molecule has 0 heterocycles. The van der Waals surface area contributed by atoms with Gasteiger partial charge in [-0.15, -0.1) is 0 Å². The second-order valence-electron chi connectivity index (χ2n) is 4.43. The Balaban J connectivity index is 2.21. The second kappa shape index (κ2) is 4.94. The van der Waals surface area contributed by atoms with Crippen LogP contribution in [0.4, 0.5) is 4.39 Å². The van der Waals surface area contributed by atoms with E-state index in [1.54, 1.807) is 0 Å². The first kappa shape index (κ1) is 11.0. The molecule has 0 aromatic heterocycles. The van der Waals surface area contributed by atoms with Crippen molar-refractivity contribution in [2.45, 2.75) is 51.7 Å². The topological polar surface area (TPSA) is 3.24 Å². The molecular formula is C11H22FN. The highest BCUT2D eigenvalue weighted by molar-refractivity contribution is 4.80. The van der Waals surface area contributed by atoms with Gasteiger partial charge < -0.3 is 4.90 Å². The first-order chi connectivity index (χ1) is 6.15. The molecule has 0 aromatic rings. The highest BCUT2D eigenvalue weighted by atomic mass is 19.1. The summed E-state index contributed by atoms with van der Waals surface area (Å²) in [7, 11) is 2.05. The Morgan fingerprint density at radius 1 is 1.46 bits per heavy atom. The maximum atomic E-state index is 13.5. The van der Waals surface area contributed by atoms with E-state index in [0.717, 1.165) is 6.42 Å². The van der Waals surface area contributed by atoms with Crippen molar-refractivity contribution in [3.8, 4) is 0 Å². The first-order valence-corrected chi connectivity index (χ1v) is 5.49. The standard InChI is InChI=1S/C11H22FN/c1-4-9(2)11(12)8-13(3)10-6-5-7-10/h9-11H,4-8H2,1-3H3/t9-,11-/m0/s1. The molecule has 2 heteroatoms. The third-order valence-electron chi connectivity index (χ3n) is 3.42. The highest BCUT2D eigenvalue weighted by Gasteiger charge is 2.25. The van der Waals surface area contributed by atoms with Crippen molar-refractivity contribution in [1.82, 2.24) is 4.90 Å². The average molecular weight is 187 g/mol. The van der Waals surface area contributed by atoms with E-state index in [2.05, 4.69) is 18.9 Å². The number of halogens is 1. The lowest BCUT2D eigenvalue weighted by Crippen LogP contribution is -2.41. The van der Waals surface area contributed by atoms with Gasteiger partial charge in [0.25, 0.3) is 0 Å². The molecule has 0 unspecified atom stereocenters. The molecule has 1 saturated carbocycles. The molecule has 0 saturated heterocycles. The summed E-state index contributed by atoms with van der Waals surface area (Å²) < 4.78 is 13.5. The summed E-state index contributed by atoms with van der Waals surface area (Å²) in [5, 5.41) is 0. The molecule has 0 aromatic carbocycles. The second-order valence-corrected chi connectivity index (χ2v) is 4.43. The molecule has 1 fully saturated rings. The Kier molecular flexibility index (Phi) is 4.17. The van der Waals surface area contributed by atoms with Gasteiger partial charge in [0.2, 0.25) is 0 Å². The normalized spacial score (nSPS) is 22.8. The zero-order valence-electron chi connectivity index (χ0n) is 9.09. The van der Waals surface area contributed by atoms with Gasteiger partial charge in [0.1, 0.15) is 6.17 Å². The molecule has 78 valence electrons. The molecule has 1 rings (SSSR count). The van der Waals surface area contributed by atoms with Crippen LogP contribution in [0.2, 0.25) is 0 Å². The van der Waals surface area contributed by atoms with E-state index in [1.807, 2.05) is 6.92 Å². The van der Waals surface area contributed by atoms with Gasteiger partial charge in [0.05, 0.1) is 0 Å². The quantitative estimate of drug-likeness (QED) is 0.639. The molecule has 1 nitrogen and oxygen atoms in total. The highest BCUT2D eigenvalue weighted by Crippen LogP contribution is 2.24. The number of hydrogen-bond donors (Lipinski definition) is 0. The summed E-state index contributed by atoms with van der Waals surface area (Å²) >= 11 is 0. The molecular weight excluding hydrogens is 165 g/mol. The predicted molar refractivity (Wildman–Crippen MR) is 54.6 cm³/mol. The Morgan fingerprint density at radius 3 is 2.46 bits per heavy atom. The van der Waals surface area contributed by atoms with Gasteiger partial charge in [-0.25, -0.2) is 4.39 Å². The van der Waals surface area contributed by atoms with Crippen molar-refractivity contribution in [2.24, 2.45) is 5.92 Å². The molecule has 0 aliphatic heterocycles. The molecule has 0 amide bonds. The smallest absolute Gasteiger partial charge is 0.115 e. The van der Waals surface area contributed by atoms with Crippen LogP contribution in [0.3, 0.4) is 0 Å². The number of nitrogens with zero attached hydrogens (tertiary/aromatic N) is 1. The molecule has 0 N–H and O–H groups in total. The van der Waals surface area contributed by atoms with E-state index in [-0.39, 0.29) is 5.92 Å². The molecule has 1 aliphatic rings. The van der Waals surface area contributed by atoms with Crippen LogP contribution in [-0.2, 0) is 0 Å². The molecule has 13 heavy (non-hydrogen) atoms. The first-order valence-electron chi connectivity index (χ1n) is 5.49. The van der Waals surface area contributed by atoms with Crippen molar-refractivity contribution >= 4 is 0 Å². The van der Waals surface area contributed by atoms with Crippen molar-refractivity contribution in [2.75, 3.05) is 13.6 Å². The van der Waals surface area contributed by atoms with E-state index in [4.69, 9.17) is 0 Å². The lowest BCUT2D eigenvalue weighted by molar-refractivity contribution is 0.0992. The van der Waals surface area contributed by atoms with Crippen LogP contribution in [0.15, 0.2) is 0 Å². The van der Waals surface area contributed by atoms with E-state index < -0.39 is 6.17 Å². The zero-order valence-corrected chi connectivity index (χ0v) is 9.09. The van der Waals surface area contributed by atoms with Crippen molar-refractivity contribution in [3.63, 3.8) is 0 Å². The minimum Gasteiger partial charge on any atom is -0.301 e. The lowest BCUT2D eigenvalue weighted by Gasteiger charge is -2.36. The Morgan fingerprint density at radius 2 is 2.08 bits per heavy atom. The minimum atomic E-state index is -0.643. The fraction of sp³-hybridized carbons (Fsp3) is 1.00. The third kappa shape index (κ3) is 2.94. The van der Waals surface area contributed by atoms with Crippen LogP contribution in [0.1, 0.15) is 39.5 Å². The summed E-state index contributed by atoms with van der Waals surface area (Å²) in [4.78, 5) is 2.19. The van der Waals surface area contributed by atoms with Crippen LogP contribution in [0.25, 0.3) is 0 Å². The Labute approximate surface area is 81.3 Å². The van der Waals surface area contributed by atoms with Gasteiger partial charge >= 0.3 is 0 Å².